The molecule has 0 atom stereocenters. The Morgan fingerprint density at radius 1 is 1.00 bits per heavy atom. The molecule has 0 spiro atoms. The average Bonchev–Trinajstić information content (AvgIpc) is 3.05. The highest BCUT2D eigenvalue weighted by Crippen LogP contribution is 2.31. The van der Waals surface area contributed by atoms with Gasteiger partial charge in [-0.25, -0.2) is 13.8 Å². The quantitative estimate of drug-likeness (QED) is 0.663. The number of carbonyl (C=O) groups excluding carboxylic acids is 1. The molecule has 0 unspecified atom stereocenters. The molecule has 3 aromatic rings. The zero-order valence-corrected chi connectivity index (χ0v) is 15.9. The number of hydrogen-bond acceptors (Lipinski definition) is 4. The summed E-state index contributed by atoms with van der Waals surface area (Å²) in [4.78, 5) is 21.0. The Kier molecular flexibility index (Phi) is 4.55. The minimum absolute atomic E-state index is 0.0267. The van der Waals surface area contributed by atoms with Crippen molar-refractivity contribution in [3.05, 3.63) is 58.7 Å². The topological polar surface area (TPSA) is 36.4 Å². The first-order valence-electron chi connectivity index (χ1n) is 8.79. The predicted molar refractivity (Wildman–Crippen MR) is 104 cm³/mol. The van der Waals surface area contributed by atoms with Crippen LogP contribution in [0.3, 0.4) is 0 Å². The number of amides is 1. The summed E-state index contributed by atoms with van der Waals surface area (Å²) in [5.74, 6) is -1.21. The summed E-state index contributed by atoms with van der Waals surface area (Å²) in [6, 6.07) is 8.02. The van der Waals surface area contributed by atoms with Crippen molar-refractivity contribution in [2.75, 3.05) is 31.1 Å². The molecule has 7 heteroatoms. The maximum absolute atomic E-state index is 13.9. The van der Waals surface area contributed by atoms with Gasteiger partial charge < -0.3 is 9.80 Å². The molecular weight excluding hydrogens is 368 g/mol. The molecule has 1 fully saturated rings. The second kappa shape index (κ2) is 6.88. The predicted octanol–water partition coefficient (Wildman–Crippen LogP) is 4.15. The molecule has 27 heavy (non-hydrogen) atoms. The number of carbonyl (C=O) groups is 1. The highest BCUT2D eigenvalue weighted by atomic mass is 32.1. The van der Waals surface area contributed by atoms with Gasteiger partial charge in [-0.1, -0.05) is 28.5 Å². The van der Waals surface area contributed by atoms with E-state index >= 15 is 0 Å². The summed E-state index contributed by atoms with van der Waals surface area (Å²) in [6.45, 7) is 6.33. The van der Waals surface area contributed by atoms with Crippen molar-refractivity contribution < 1.29 is 13.6 Å². The monoisotopic (exact) mass is 387 g/mol. The van der Waals surface area contributed by atoms with Crippen LogP contribution in [-0.4, -0.2) is 42.0 Å². The summed E-state index contributed by atoms with van der Waals surface area (Å²) in [5.41, 5.74) is 3.05. The largest absolute Gasteiger partial charge is 0.345 e. The Bertz CT molecular complexity index is 1010. The van der Waals surface area contributed by atoms with Gasteiger partial charge in [-0.2, -0.15) is 0 Å². The number of halogens is 2. The molecule has 1 amide bonds. The number of aromatic nitrogens is 1. The number of thiazole rings is 1. The van der Waals surface area contributed by atoms with Crippen molar-refractivity contribution in [2.24, 2.45) is 0 Å². The van der Waals surface area contributed by atoms with Crippen LogP contribution in [0.25, 0.3) is 10.2 Å². The zero-order chi connectivity index (χ0) is 19.1. The van der Waals surface area contributed by atoms with E-state index < -0.39 is 11.6 Å². The van der Waals surface area contributed by atoms with Crippen LogP contribution < -0.4 is 4.90 Å². The third-order valence-electron chi connectivity index (χ3n) is 4.71. The van der Waals surface area contributed by atoms with Crippen molar-refractivity contribution in [1.29, 1.82) is 0 Å². The van der Waals surface area contributed by atoms with Gasteiger partial charge in [0.1, 0.15) is 11.3 Å². The van der Waals surface area contributed by atoms with Crippen LogP contribution in [0.1, 0.15) is 21.5 Å². The van der Waals surface area contributed by atoms with Crippen LogP contribution in [0, 0.1) is 25.5 Å². The van der Waals surface area contributed by atoms with Crippen LogP contribution in [0.5, 0.6) is 0 Å². The van der Waals surface area contributed by atoms with E-state index in [4.69, 9.17) is 0 Å². The van der Waals surface area contributed by atoms with E-state index in [1.54, 1.807) is 0 Å². The van der Waals surface area contributed by atoms with Gasteiger partial charge in [0.15, 0.2) is 10.9 Å². The van der Waals surface area contributed by atoms with Crippen molar-refractivity contribution in [2.45, 2.75) is 13.8 Å². The molecule has 140 valence electrons. The molecule has 0 radical (unpaired) electrons. The number of rotatable bonds is 2. The SMILES string of the molecule is Cc1cc(C)cc(C(=O)N2CCN(c3nc4c(F)cc(F)cc4s3)CC2)c1. The molecule has 1 aliphatic rings. The van der Waals surface area contributed by atoms with Crippen molar-refractivity contribution in [3.8, 4) is 0 Å². The third kappa shape index (κ3) is 3.51. The van der Waals surface area contributed by atoms with E-state index in [1.165, 1.54) is 17.4 Å². The molecule has 1 aromatic heterocycles. The van der Waals surface area contributed by atoms with Crippen LogP contribution in [0.4, 0.5) is 13.9 Å². The lowest BCUT2D eigenvalue weighted by Crippen LogP contribution is -2.48. The Hall–Kier alpha value is -2.54. The minimum atomic E-state index is -0.642. The van der Waals surface area contributed by atoms with E-state index in [1.807, 2.05) is 41.8 Å². The smallest absolute Gasteiger partial charge is 0.253 e. The first-order chi connectivity index (χ1) is 12.9. The number of hydrogen-bond donors (Lipinski definition) is 0. The zero-order valence-electron chi connectivity index (χ0n) is 15.1. The summed E-state index contributed by atoms with van der Waals surface area (Å²) < 4.78 is 27.8. The third-order valence-corrected chi connectivity index (χ3v) is 5.77. The van der Waals surface area contributed by atoms with Gasteiger partial charge in [0.2, 0.25) is 0 Å². The highest BCUT2D eigenvalue weighted by Gasteiger charge is 2.24. The van der Waals surface area contributed by atoms with E-state index in [2.05, 4.69) is 4.98 Å². The Labute approximate surface area is 160 Å². The molecule has 4 rings (SSSR count). The lowest BCUT2D eigenvalue weighted by molar-refractivity contribution is 0.0746. The number of nitrogens with zero attached hydrogens (tertiary/aromatic N) is 3. The lowest BCUT2D eigenvalue weighted by atomic mass is 10.1. The molecule has 2 heterocycles. The van der Waals surface area contributed by atoms with Crippen LogP contribution in [0.2, 0.25) is 0 Å². The Morgan fingerprint density at radius 2 is 1.67 bits per heavy atom. The maximum atomic E-state index is 13.9. The second-order valence-corrected chi connectivity index (χ2v) is 7.90. The van der Waals surface area contributed by atoms with Gasteiger partial charge in [0.05, 0.1) is 4.70 Å². The van der Waals surface area contributed by atoms with Crippen molar-refractivity contribution in [1.82, 2.24) is 9.88 Å². The summed E-state index contributed by atoms with van der Waals surface area (Å²) in [5, 5.41) is 0.660. The van der Waals surface area contributed by atoms with E-state index in [9.17, 15) is 13.6 Å². The summed E-state index contributed by atoms with van der Waals surface area (Å²) in [6.07, 6.45) is 0. The van der Waals surface area contributed by atoms with E-state index in [-0.39, 0.29) is 11.4 Å². The fourth-order valence-corrected chi connectivity index (χ4v) is 4.52. The van der Waals surface area contributed by atoms with Crippen molar-refractivity contribution in [3.63, 3.8) is 0 Å². The molecule has 0 N–H and O–H groups in total. The van der Waals surface area contributed by atoms with Gasteiger partial charge >= 0.3 is 0 Å². The first kappa shape index (κ1) is 17.9. The van der Waals surface area contributed by atoms with Crippen LogP contribution in [0.15, 0.2) is 30.3 Å². The van der Waals surface area contributed by atoms with Gasteiger partial charge in [-0.15, -0.1) is 0 Å². The van der Waals surface area contributed by atoms with E-state index in [0.29, 0.717) is 41.6 Å². The number of fused-ring (bicyclic) bond motifs is 1. The Morgan fingerprint density at radius 3 is 2.33 bits per heavy atom. The number of aryl methyl sites for hydroxylation is 2. The molecule has 2 aromatic carbocycles. The number of piperazine rings is 1. The maximum Gasteiger partial charge on any atom is 0.253 e. The molecular formula is C20H19F2N3OS. The van der Waals surface area contributed by atoms with Gasteiger partial charge in [0, 0.05) is 37.8 Å². The van der Waals surface area contributed by atoms with Crippen molar-refractivity contribution >= 4 is 32.6 Å². The molecule has 0 saturated carbocycles. The normalized spacial score (nSPS) is 14.8. The van der Waals surface area contributed by atoms with E-state index in [0.717, 1.165) is 17.2 Å². The molecule has 4 nitrogen and oxygen atoms in total. The molecule has 1 aliphatic heterocycles. The number of anilines is 1. The van der Waals surface area contributed by atoms with Crippen LogP contribution >= 0.6 is 11.3 Å². The summed E-state index contributed by atoms with van der Waals surface area (Å²) >= 11 is 1.27. The summed E-state index contributed by atoms with van der Waals surface area (Å²) in [7, 11) is 0. The molecule has 0 aliphatic carbocycles. The molecule has 1 saturated heterocycles. The average molecular weight is 387 g/mol. The standard InChI is InChI=1S/C20H19F2N3OS/c1-12-7-13(2)9-14(8-12)19(26)24-3-5-25(6-4-24)20-23-18-16(22)10-15(21)11-17(18)27-20/h7-11H,3-6H2,1-2H3. The lowest BCUT2D eigenvalue weighted by Gasteiger charge is -2.34. The fraction of sp³-hybridized carbons (Fsp3) is 0.300. The van der Waals surface area contributed by atoms with Gasteiger partial charge in [-0.05, 0) is 32.0 Å². The van der Waals surface area contributed by atoms with Gasteiger partial charge in [0.25, 0.3) is 5.91 Å². The Balaban J connectivity index is 1.49. The minimum Gasteiger partial charge on any atom is -0.345 e. The fourth-order valence-electron chi connectivity index (χ4n) is 3.46. The first-order valence-corrected chi connectivity index (χ1v) is 9.60. The highest BCUT2D eigenvalue weighted by molar-refractivity contribution is 7.22. The van der Waals surface area contributed by atoms with Crippen LogP contribution in [-0.2, 0) is 0 Å². The second-order valence-electron chi connectivity index (χ2n) is 6.89. The molecule has 0 bridgehead atoms. The number of benzene rings is 2. The van der Waals surface area contributed by atoms with Gasteiger partial charge in [-0.3, -0.25) is 4.79 Å².